The topological polar surface area (TPSA) is 59.2 Å². The van der Waals surface area contributed by atoms with Gasteiger partial charge in [0.15, 0.2) is 6.29 Å². The molecule has 17 heavy (non-hydrogen) atoms. The van der Waals surface area contributed by atoms with Crippen LogP contribution in [0.1, 0.15) is 10.4 Å². The second-order valence-corrected chi connectivity index (χ2v) is 3.62. The molecule has 0 fully saturated rings. The van der Waals surface area contributed by atoms with E-state index in [-0.39, 0.29) is 17.0 Å². The van der Waals surface area contributed by atoms with E-state index < -0.39 is 5.82 Å². The minimum atomic E-state index is -0.656. The third-order valence-corrected chi connectivity index (χ3v) is 2.20. The number of rotatable bonds is 3. The smallest absolute Gasteiger partial charge is 0.265 e. The van der Waals surface area contributed by atoms with Gasteiger partial charge in [-0.3, -0.25) is 4.79 Å². The highest BCUT2D eigenvalue weighted by atomic mass is 19.1. The molecule has 0 aliphatic rings. The summed E-state index contributed by atoms with van der Waals surface area (Å²) < 4.78 is 18.7. The Morgan fingerprint density at radius 1 is 1.41 bits per heavy atom. The average Bonchev–Trinajstić information content (AvgIpc) is 2.78. The first-order chi connectivity index (χ1) is 8.13. The largest absolute Gasteiger partial charge is 0.344 e. The molecule has 0 bridgehead atoms. The highest BCUT2D eigenvalue weighted by molar-refractivity contribution is 5.78. The van der Waals surface area contributed by atoms with E-state index in [9.17, 15) is 9.18 Å². The zero-order valence-corrected chi connectivity index (χ0v) is 9.35. The number of carbonyl (C=O) groups is 1. The summed E-state index contributed by atoms with van der Waals surface area (Å²) in [6, 6.07) is 4.42. The summed E-state index contributed by atoms with van der Waals surface area (Å²) in [5, 5.41) is 3.67. The fourth-order valence-corrected chi connectivity index (χ4v) is 1.31. The summed E-state index contributed by atoms with van der Waals surface area (Å²) in [6.45, 7) is 0. The maximum absolute atomic E-state index is 13.8. The van der Waals surface area contributed by atoms with Gasteiger partial charge in [0.05, 0.1) is 11.1 Å². The molecule has 0 radical (unpaired) electrons. The Hall–Kier alpha value is -2.24. The minimum absolute atomic E-state index is 0.0351. The van der Waals surface area contributed by atoms with E-state index in [1.165, 1.54) is 12.1 Å². The maximum atomic E-state index is 13.8. The first-order valence-electron chi connectivity index (χ1n) is 4.88. The summed E-state index contributed by atoms with van der Waals surface area (Å²) in [5.74, 6) is -0.262. The summed E-state index contributed by atoms with van der Waals surface area (Å²) in [4.78, 5) is 16.3. The molecule has 0 aliphatic carbocycles. The lowest BCUT2D eigenvalue weighted by molar-refractivity contribution is 0.112. The van der Waals surface area contributed by atoms with Crippen LogP contribution in [0.15, 0.2) is 22.7 Å². The molecule has 0 saturated heterocycles. The van der Waals surface area contributed by atoms with Crippen molar-refractivity contribution >= 4 is 12.2 Å². The predicted octanol–water partition coefficient (Wildman–Crippen LogP) is 1.75. The molecule has 0 unspecified atom stereocenters. The first-order valence-corrected chi connectivity index (χ1v) is 4.88. The standard InChI is InChI=1S/C11H10FN3O2/c1-15(2)11-13-10(17-14-11)8-5-3-4-7(6-16)9(8)12/h3-6H,1-2H3. The van der Waals surface area contributed by atoms with Crippen molar-refractivity contribution in [3.8, 4) is 11.5 Å². The van der Waals surface area contributed by atoms with Gasteiger partial charge in [-0.15, -0.1) is 0 Å². The lowest BCUT2D eigenvalue weighted by atomic mass is 10.1. The van der Waals surface area contributed by atoms with Crippen LogP contribution in [-0.4, -0.2) is 30.5 Å². The molecule has 0 saturated carbocycles. The van der Waals surface area contributed by atoms with Crippen LogP contribution in [0.3, 0.4) is 0 Å². The molecule has 1 aromatic heterocycles. The fourth-order valence-electron chi connectivity index (χ4n) is 1.31. The van der Waals surface area contributed by atoms with Gasteiger partial charge in [0.1, 0.15) is 5.82 Å². The van der Waals surface area contributed by atoms with E-state index in [0.717, 1.165) is 0 Å². The van der Waals surface area contributed by atoms with Crippen LogP contribution < -0.4 is 4.90 Å². The third kappa shape index (κ3) is 2.01. The van der Waals surface area contributed by atoms with Gasteiger partial charge in [0.25, 0.3) is 11.8 Å². The molecule has 0 N–H and O–H groups in total. The van der Waals surface area contributed by atoms with Crippen molar-refractivity contribution in [1.82, 2.24) is 10.1 Å². The lowest BCUT2D eigenvalue weighted by Crippen LogP contribution is -2.10. The Morgan fingerprint density at radius 2 is 2.18 bits per heavy atom. The normalized spacial score (nSPS) is 10.3. The third-order valence-electron chi connectivity index (χ3n) is 2.20. The van der Waals surface area contributed by atoms with E-state index in [1.54, 1.807) is 25.1 Å². The van der Waals surface area contributed by atoms with Gasteiger partial charge >= 0.3 is 0 Å². The van der Waals surface area contributed by atoms with Crippen LogP contribution in [0, 0.1) is 5.82 Å². The predicted molar refractivity (Wildman–Crippen MR) is 59.4 cm³/mol. The van der Waals surface area contributed by atoms with Crippen molar-refractivity contribution in [2.24, 2.45) is 0 Å². The SMILES string of the molecule is CN(C)c1noc(-c2cccc(C=O)c2F)n1. The Labute approximate surface area is 96.9 Å². The second kappa shape index (κ2) is 4.32. The molecule has 88 valence electrons. The number of halogens is 1. The molecule has 5 nitrogen and oxygen atoms in total. The molecule has 1 aromatic carbocycles. The molecule has 0 amide bonds. The highest BCUT2D eigenvalue weighted by Gasteiger charge is 2.16. The molecule has 0 aliphatic heterocycles. The van der Waals surface area contributed by atoms with Crippen molar-refractivity contribution in [2.75, 3.05) is 19.0 Å². The molecular weight excluding hydrogens is 225 g/mol. The zero-order chi connectivity index (χ0) is 12.4. The molecule has 0 spiro atoms. The number of benzene rings is 1. The van der Waals surface area contributed by atoms with Crippen molar-refractivity contribution < 1.29 is 13.7 Å². The quantitative estimate of drug-likeness (QED) is 0.758. The lowest BCUT2D eigenvalue weighted by Gasteiger charge is -2.02. The average molecular weight is 235 g/mol. The van der Waals surface area contributed by atoms with Crippen LogP contribution >= 0.6 is 0 Å². The molecule has 1 heterocycles. The van der Waals surface area contributed by atoms with E-state index in [0.29, 0.717) is 12.2 Å². The number of hydrogen-bond acceptors (Lipinski definition) is 5. The summed E-state index contributed by atoms with van der Waals surface area (Å²) >= 11 is 0. The van der Waals surface area contributed by atoms with Gasteiger partial charge in [-0.25, -0.2) is 4.39 Å². The van der Waals surface area contributed by atoms with Crippen molar-refractivity contribution in [2.45, 2.75) is 0 Å². The summed E-state index contributed by atoms with van der Waals surface area (Å²) in [6.07, 6.45) is 0.446. The van der Waals surface area contributed by atoms with E-state index in [4.69, 9.17) is 4.52 Å². The van der Waals surface area contributed by atoms with Crippen LogP contribution in [-0.2, 0) is 0 Å². The number of carbonyl (C=O) groups excluding carboxylic acids is 1. The number of aromatic nitrogens is 2. The molecule has 0 atom stereocenters. The summed E-state index contributed by atoms with van der Waals surface area (Å²) in [5.41, 5.74) is 0.0855. The van der Waals surface area contributed by atoms with Gasteiger partial charge in [-0.2, -0.15) is 4.98 Å². The van der Waals surface area contributed by atoms with Crippen LogP contribution in [0.2, 0.25) is 0 Å². The van der Waals surface area contributed by atoms with Crippen LogP contribution in [0.25, 0.3) is 11.5 Å². The molecule has 6 heteroatoms. The van der Waals surface area contributed by atoms with Crippen molar-refractivity contribution in [1.29, 1.82) is 0 Å². The Bertz CT molecular complexity index is 551. The molecule has 2 aromatic rings. The van der Waals surface area contributed by atoms with Crippen molar-refractivity contribution in [3.05, 3.63) is 29.6 Å². The number of nitrogens with zero attached hydrogens (tertiary/aromatic N) is 3. The second-order valence-electron chi connectivity index (χ2n) is 3.62. The van der Waals surface area contributed by atoms with Gasteiger partial charge in [0.2, 0.25) is 0 Å². The van der Waals surface area contributed by atoms with Crippen LogP contribution in [0.5, 0.6) is 0 Å². The van der Waals surface area contributed by atoms with E-state index in [1.807, 2.05) is 0 Å². The molecular formula is C11H10FN3O2. The molecule has 2 rings (SSSR count). The van der Waals surface area contributed by atoms with Gasteiger partial charge < -0.3 is 9.42 Å². The van der Waals surface area contributed by atoms with Crippen LogP contribution in [0.4, 0.5) is 10.3 Å². The fraction of sp³-hybridized carbons (Fsp3) is 0.182. The monoisotopic (exact) mass is 235 g/mol. The first kappa shape index (κ1) is 11.3. The highest BCUT2D eigenvalue weighted by Crippen LogP contribution is 2.24. The van der Waals surface area contributed by atoms with Gasteiger partial charge in [-0.1, -0.05) is 6.07 Å². The zero-order valence-electron chi connectivity index (χ0n) is 9.35. The number of anilines is 1. The maximum Gasteiger partial charge on any atom is 0.265 e. The Kier molecular flexibility index (Phi) is 2.86. The number of aldehydes is 1. The Balaban J connectivity index is 2.49. The van der Waals surface area contributed by atoms with Gasteiger partial charge in [-0.05, 0) is 17.3 Å². The van der Waals surface area contributed by atoms with E-state index >= 15 is 0 Å². The number of hydrogen-bond donors (Lipinski definition) is 0. The van der Waals surface area contributed by atoms with Crippen molar-refractivity contribution in [3.63, 3.8) is 0 Å². The van der Waals surface area contributed by atoms with E-state index in [2.05, 4.69) is 10.1 Å². The summed E-state index contributed by atoms with van der Waals surface area (Å²) in [7, 11) is 3.49. The van der Waals surface area contributed by atoms with Gasteiger partial charge in [0, 0.05) is 14.1 Å². The minimum Gasteiger partial charge on any atom is -0.344 e. The Morgan fingerprint density at radius 3 is 2.76 bits per heavy atom.